The average molecular weight is 498 g/mol. The molecule has 0 aliphatic carbocycles. The van der Waals surface area contributed by atoms with Crippen molar-refractivity contribution < 1.29 is 14.3 Å². The lowest BCUT2D eigenvalue weighted by Gasteiger charge is -2.29. The van der Waals surface area contributed by atoms with Gasteiger partial charge in [-0.15, -0.1) is 0 Å². The second-order valence-electron chi connectivity index (χ2n) is 9.75. The molecule has 0 unspecified atom stereocenters. The predicted molar refractivity (Wildman–Crippen MR) is 140 cm³/mol. The van der Waals surface area contributed by atoms with Gasteiger partial charge in [-0.25, -0.2) is 0 Å². The first-order valence-corrected chi connectivity index (χ1v) is 13.0. The Hall–Kier alpha value is -3.91. The fourth-order valence-electron chi connectivity index (χ4n) is 5.38. The molecular weight excluding hydrogens is 466 g/mol. The van der Waals surface area contributed by atoms with Crippen LogP contribution in [0.1, 0.15) is 44.1 Å². The van der Waals surface area contributed by atoms with Crippen LogP contribution < -0.4 is 0 Å². The number of aromatic amines is 1. The van der Waals surface area contributed by atoms with Crippen LogP contribution in [0, 0.1) is 0 Å². The molecule has 37 heavy (non-hydrogen) atoms. The highest BCUT2D eigenvalue weighted by molar-refractivity contribution is 5.99. The molecule has 0 saturated carbocycles. The molecule has 6 rings (SSSR count). The highest BCUT2D eigenvalue weighted by Gasteiger charge is 2.32. The van der Waals surface area contributed by atoms with Gasteiger partial charge in [-0.2, -0.15) is 5.10 Å². The van der Waals surface area contributed by atoms with Crippen LogP contribution >= 0.6 is 0 Å². The minimum absolute atomic E-state index is 0.0182. The van der Waals surface area contributed by atoms with Gasteiger partial charge in [-0.1, -0.05) is 30.3 Å². The van der Waals surface area contributed by atoms with Gasteiger partial charge >= 0.3 is 0 Å². The van der Waals surface area contributed by atoms with Crippen LogP contribution in [0.15, 0.2) is 60.8 Å². The van der Waals surface area contributed by atoms with Crippen molar-refractivity contribution in [3.8, 4) is 0 Å². The fraction of sp³-hybridized carbons (Fsp3) is 0.345. The Morgan fingerprint density at radius 3 is 2.62 bits per heavy atom. The van der Waals surface area contributed by atoms with Crippen LogP contribution in [0.5, 0.6) is 0 Å². The monoisotopic (exact) mass is 497 g/mol. The van der Waals surface area contributed by atoms with Crippen LogP contribution in [0.3, 0.4) is 0 Å². The zero-order chi connectivity index (χ0) is 25.2. The third kappa shape index (κ3) is 4.76. The van der Waals surface area contributed by atoms with Gasteiger partial charge in [-0.05, 0) is 42.7 Å². The molecule has 0 atom stereocenters. The number of amides is 2. The number of nitrogens with one attached hydrogen (secondary N) is 1. The lowest BCUT2D eigenvalue weighted by molar-refractivity contribution is 0.0296. The van der Waals surface area contributed by atoms with E-state index in [9.17, 15) is 9.59 Å². The summed E-state index contributed by atoms with van der Waals surface area (Å²) in [6.45, 7) is 3.94. The maximum Gasteiger partial charge on any atom is 0.274 e. The first-order valence-electron chi connectivity index (χ1n) is 13.0. The molecule has 2 aromatic carbocycles. The van der Waals surface area contributed by atoms with Gasteiger partial charge in [0.25, 0.3) is 11.8 Å². The maximum atomic E-state index is 13.5. The van der Waals surface area contributed by atoms with Crippen molar-refractivity contribution in [2.75, 3.05) is 32.8 Å². The van der Waals surface area contributed by atoms with Gasteiger partial charge < -0.3 is 19.5 Å². The second kappa shape index (κ2) is 10.2. The zero-order valence-electron chi connectivity index (χ0n) is 20.9. The highest BCUT2D eigenvalue weighted by Crippen LogP contribution is 2.26. The minimum Gasteiger partial charge on any atom is -0.378 e. The predicted octanol–water partition coefficient (Wildman–Crippen LogP) is 3.67. The third-order valence-corrected chi connectivity index (χ3v) is 7.40. The number of hydrogen-bond acceptors (Lipinski definition) is 4. The van der Waals surface area contributed by atoms with Crippen molar-refractivity contribution in [3.63, 3.8) is 0 Å². The molecule has 0 radical (unpaired) electrons. The molecule has 8 nitrogen and oxygen atoms in total. The molecule has 2 aliphatic heterocycles. The number of morpholine rings is 1. The van der Waals surface area contributed by atoms with Crippen LogP contribution in [-0.2, 0) is 30.7 Å². The lowest BCUT2D eigenvalue weighted by atomic mass is 10.0. The van der Waals surface area contributed by atoms with E-state index in [1.54, 1.807) is 0 Å². The largest absolute Gasteiger partial charge is 0.378 e. The summed E-state index contributed by atoms with van der Waals surface area (Å²) in [5.74, 6) is -0.0836. The number of aryl methyl sites for hydroxylation is 2. The fourth-order valence-corrected chi connectivity index (χ4v) is 5.38. The van der Waals surface area contributed by atoms with E-state index in [1.165, 1.54) is 5.56 Å². The van der Waals surface area contributed by atoms with Gasteiger partial charge in [0.15, 0.2) is 5.69 Å². The third-order valence-electron chi connectivity index (χ3n) is 7.40. The number of nitrogens with zero attached hydrogens (tertiary/aromatic N) is 4. The van der Waals surface area contributed by atoms with Crippen LogP contribution in [0.25, 0.3) is 10.9 Å². The Bertz CT molecular complexity index is 1420. The smallest absolute Gasteiger partial charge is 0.274 e. The molecule has 2 aliphatic rings. The number of carbonyl (C=O) groups is 2. The summed E-state index contributed by atoms with van der Waals surface area (Å²) >= 11 is 0. The number of ether oxygens (including phenoxy) is 1. The molecule has 0 bridgehead atoms. The first kappa shape index (κ1) is 23.5. The number of fused-ring (bicyclic) bond motifs is 2. The number of rotatable bonds is 6. The standard InChI is InChI=1S/C29H31N5O3/c35-28(23-8-9-25-22(19-23)10-12-30-25)33-14-11-26-24(20-33)27(29(36)32-15-17-37-18-16-32)31-34(26)13-4-7-21-5-2-1-3-6-21/h1-3,5-6,8-10,12,19,30H,4,7,11,13-18,20H2. The first-order chi connectivity index (χ1) is 18.2. The van der Waals surface area contributed by atoms with Crippen molar-refractivity contribution >= 4 is 22.7 Å². The Morgan fingerprint density at radius 2 is 1.78 bits per heavy atom. The summed E-state index contributed by atoms with van der Waals surface area (Å²) in [6, 6.07) is 18.1. The quantitative estimate of drug-likeness (QED) is 0.441. The maximum absolute atomic E-state index is 13.5. The molecule has 0 spiro atoms. The van der Waals surface area contributed by atoms with E-state index in [0.717, 1.165) is 41.5 Å². The normalized spacial score (nSPS) is 15.7. The van der Waals surface area contributed by atoms with Gasteiger partial charge in [-0.3, -0.25) is 14.3 Å². The summed E-state index contributed by atoms with van der Waals surface area (Å²) in [5, 5.41) is 5.85. The van der Waals surface area contributed by atoms with E-state index in [1.807, 2.05) is 51.0 Å². The van der Waals surface area contributed by atoms with E-state index in [0.29, 0.717) is 57.1 Å². The molecule has 2 aromatic heterocycles. The average Bonchev–Trinajstić information content (AvgIpc) is 3.57. The van der Waals surface area contributed by atoms with Crippen molar-refractivity contribution in [2.45, 2.75) is 32.4 Å². The van der Waals surface area contributed by atoms with E-state index < -0.39 is 0 Å². The minimum atomic E-state index is -0.0654. The molecule has 1 fully saturated rings. The number of benzene rings is 2. The van der Waals surface area contributed by atoms with Crippen molar-refractivity contribution in [2.24, 2.45) is 0 Å². The number of aromatic nitrogens is 3. The van der Waals surface area contributed by atoms with Crippen molar-refractivity contribution in [3.05, 3.63) is 88.9 Å². The van der Waals surface area contributed by atoms with E-state index in [4.69, 9.17) is 9.84 Å². The lowest BCUT2D eigenvalue weighted by Crippen LogP contribution is -2.42. The van der Waals surface area contributed by atoms with E-state index in [-0.39, 0.29) is 11.8 Å². The van der Waals surface area contributed by atoms with Crippen LogP contribution in [-0.4, -0.2) is 69.2 Å². The number of carbonyl (C=O) groups excluding carboxylic acids is 2. The molecule has 1 saturated heterocycles. The second-order valence-corrected chi connectivity index (χ2v) is 9.75. The van der Waals surface area contributed by atoms with Crippen LogP contribution in [0.4, 0.5) is 0 Å². The molecule has 2 amide bonds. The number of hydrogen-bond donors (Lipinski definition) is 1. The van der Waals surface area contributed by atoms with Crippen LogP contribution in [0.2, 0.25) is 0 Å². The Balaban J connectivity index is 1.25. The van der Waals surface area contributed by atoms with Gasteiger partial charge in [0.2, 0.25) is 0 Å². The summed E-state index contributed by atoms with van der Waals surface area (Å²) in [4.78, 5) is 33.8. The Labute approximate surface area is 215 Å². The molecule has 4 heterocycles. The zero-order valence-corrected chi connectivity index (χ0v) is 20.9. The molecule has 1 N–H and O–H groups in total. The highest BCUT2D eigenvalue weighted by atomic mass is 16.5. The van der Waals surface area contributed by atoms with Crippen molar-refractivity contribution in [1.82, 2.24) is 24.6 Å². The summed E-state index contributed by atoms with van der Waals surface area (Å²) in [7, 11) is 0. The summed E-state index contributed by atoms with van der Waals surface area (Å²) in [5.41, 5.74) is 5.41. The number of H-pyrrole nitrogens is 1. The summed E-state index contributed by atoms with van der Waals surface area (Å²) in [6.07, 6.45) is 4.45. The van der Waals surface area contributed by atoms with Crippen molar-refractivity contribution in [1.29, 1.82) is 0 Å². The van der Waals surface area contributed by atoms with E-state index in [2.05, 4.69) is 29.2 Å². The molecular formula is C29H31N5O3. The van der Waals surface area contributed by atoms with Gasteiger partial charge in [0.05, 0.1) is 19.8 Å². The molecule has 4 aromatic rings. The van der Waals surface area contributed by atoms with Gasteiger partial charge in [0, 0.05) is 66.5 Å². The Morgan fingerprint density at radius 1 is 0.946 bits per heavy atom. The Kier molecular flexibility index (Phi) is 6.49. The van der Waals surface area contributed by atoms with Gasteiger partial charge in [0.1, 0.15) is 0 Å². The topological polar surface area (TPSA) is 83.5 Å². The molecule has 8 heteroatoms. The summed E-state index contributed by atoms with van der Waals surface area (Å²) < 4.78 is 7.46. The molecule has 190 valence electrons. The SMILES string of the molecule is O=C(c1ccc2[nH]ccc2c1)N1CCc2c(c(C(=O)N3CCOCC3)nn2CCCc2ccccc2)C1. The van der Waals surface area contributed by atoms with E-state index >= 15 is 0 Å².